The smallest absolute Gasteiger partial charge is 0.375 e. The third-order valence-electron chi connectivity index (χ3n) is 4.80. The maximum atomic E-state index is 12.2. The van der Waals surface area contributed by atoms with Crippen molar-refractivity contribution in [1.82, 2.24) is 0 Å². The molecule has 0 saturated heterocycles. The first-order valence-electron chi connectivity index (χ1n) is 10.3. The van der Waals surface area contributed by atoms with E-state index in [0.717, 1.165) is 32.1 Å². The molecule has 5 nitrogen and oxygen atoms in total. The molecule has 0 aliphatic rings. The van der Waals surface area contributed by atoms with Gasteiger partial charge in [-0.1, -0.05) is 49.4 Å². The molecule has 0 radical (unpaired) electrons. The Morgan fingerprint density at radius 1 is 0.893 bits per heavy atom. The summed E-state index contributed by atoms with van der Waals surface area (Å²) in [5.41, 5.74) is 4.03. The molecule has 1 unspecified atom stereocenters. The Balaban J connectivity index is 2.35. The summed E-state index contributed by atoms with van der Waals surface area (Å²) in [7, 11) is 0. The van der Waals surface area contributed by atoms with E-state index in [-0.39, 0.29) is 13.2 Å². The average molecular weight is 391 g/mol. The third-order valence-corrected chi connectivity index (χ3v) is 4.80. The largest absolute Gasteiger partial charge is 0.465 e. The molecule has 1 aromatic carbocycles. The Hall–Kier alpha value is -2.17. The monoisotopic (exact) mass is 390 g/mol. The minimum absolute atomic E-state index is 0.112. The van der Waals surface area contributed by atoms with Gasteiger partial charge in [0, 0.05) is 0 Å². The summed E-state index contributed by atoms with van der Waals surface area (Å²) in [6.45, 7) is 7.86. The number of ether oxygens (including phenoxy) is 2. The summed E-state index contributed by atoms with van der Waals surface area (Å²) in [4.78, 5) is 35.8. The molecule has 0 aliphatic heterocycles. The van der Waals surface area contributed by atoms with Crippen LogP contribution in [0.4, 0.5) is 0 Å². The summed E-state index contributed by atoms with van der Waals surface area (Å²) in [5, 5.41) is 0. The van der Waals surface area contributed by atoms with Crippen molar-refractivity contribution in [3.8, 4) is 0 Å². The molecule has 0 aliphatic carbocycles. The van der Waals surface area contributed by atoms with Gasteiger partial charge in [0.15, 0.2) is 0 Å². The van der Waals surface area contributed by atoms with Crippen LogP contribution in [-0.2, 0) is 30.3 Å². The molecular formula is C23H34O5. The summed E-state index contributed by atoms with van der Waals surface area (Å²) < 4.78 is 9.69. The number of unbranched alkanes of at least 4 members (excludes halogenated alkanes) is 4. The van der Waals surface area contributed by atoms with Gasteiger partial charge in [0.2, 0.25) is 0 Å². The highest BCUT2D eigenvalue weighted by Gasteiger charge is 2.33. The van der Waals surface area contributed by atoms with E-state index in [1.54, 1.807) is 13.8 Å². The lowest BCUT2D eigenvalue weighted by atomic mass is 9.95. The van der Waals surface area contributed by atoms with Crippen LogP contribution in [0.15, 0.2) is 18.2 Å². The van der Waals surface area contributed by atoms with Crippen molar-refractivity contribution < 1.29 is 23.9 Å². The van der Waals surface area contributed by atoms with E-state index in [2.05, 4.69) is 32.0 Å². The molecule has 0 spiro atoms. The molecule has 28 heavy (non-hydrogen) atoms. The molecular weight excluding hydrogens is 356 g/mol. The van der Waals surface area contributed by atoms with E-state index in [1.807, 2.05) is 0 Å². The second kappa shape index (κ2) is 13.1. The van der Waals surface area contributed by atoms with E-state index in [1.165, 1.54) is 16.7 Å². The lowest BCUT2D eigenvalue weighted by Gasteiger charge is -2.13. The Morgan fingerprint density at radius 2 is 1.54 bits per heavy atom. The Labute approximate surface area is 168 Å². The number of carbonyl (C=O) groups excluding carboxylic acids is 3. The van der Waals surface area contributed by atoms with Crippen LogP contribution in [-0.4, -0.2) is 30.9 Å². The number of ketones is 1. The van der Waals surface area contributed by atoms with Gasteiger partial charge in [0.1, 0.15) is 5.92 Å². The van der Waals surface area contributed by atoms with Gasteiger partial charge in [-0.05, 0) is 58.1 Å². The summed E-state index contributed by atoms with van der Waals surface area (Å²) >= 11 is 0. The van der Waals surface area contributed by atoms with Crippen LogP contribution in [0.2, 0.25) is 0 Å². The Bertz CT molecular complexity index is 650. The maximum Gasteiger partial charge on any atom is 0.375 e. The molecule has 0 N–H and O–H groups in total. The molecule has 1 atom stereocenters. The number of carbonyl (C=O) groups is 3. The first-order valence-corrected chi connectivity index (χ1v) is 10.3. The molecule has 1 aromatic rings. The predicted molar refractivity (Wildman–Crippen MR) is 109 cm³/mol. The van der Waals surface area contributed by atoms with Gasteiger partial charge in [-0.15, -0.1) is 0 Å². The minimum Gasteiger partial charge on any atom is -0.465 e. The molecule has 1 rings (SSSR count). The predicted octanol–water partition coefficient (Wildman–Crippen LogP) is 4.50. The SMILES string of the molecule is CCOC(=O)C(=O)C(CCCCCCCc1ccc(C)cc1C)C(=O)OCC. The standard InChI is InChI=1S/C23H34O5/c1-5-27-22(25)20(21(24)23(26)28-6-2)13-11-9-7-8-10-12-19-15-14-17(3)16-18(19)4/h14-16,20H,5-13H2,1-4H3. The zero-order valence-electron chi connectivity index (χ0n) is 17.7. The molecule has 156 valence electrons. The van der Waals surface area contributed by atoms with Crippen molar-refractivity contribution in [2.75, 3.05) is 13.2 Å². The third kappa shape index (κ3) is 8.24. The summed E-state index contributed by atoms with van der Waals surface area (Å²) in [6, 6.07) is 6.57. The second-order valence-electron chi connectivity index (χ2n) is 7.13. The van der Waals surface area contributed by atoms with Crippen molar-refractivity contribution in [1.29, 1.82) is 0 Å². The topological polar surface area (TPSA) is 69.7 Å². The highest BCUT2D eigenvalue weighted by Crippen LogP contribution is 2.17. The molecule has 0 saturated carbocycles. The van der Waals surface area contributed by atoms with Crippen molar-refractivity contribution in [3.05, 3.63) is 34.9 Å². The lowest BCUT2D eigenvalue weighted by Crippen LogP contribution is -2.33. The Morgan fingerprint density at radius 3 is 2.18 bits per heavy atom. The number of aryl methyl sites for hydroxylation is 3. The van der Waals surface area contributed by atoms with Gasteiger partial charge >= 0.3 is 11.9 Å². The Kier molecular flexibility index (Phi) is 11.2. The van der Waals surface area contributed by atoms with Crippen LogP contribution in [0.25, 0.3) is 0 Å². The van der Waals surface area contributed by atoms with E-state index in [4.69, 9.17) is 9.47 Å². The number of hydrogen-bond acceptors (Lipinski definition) is 5. The van der Waals surface area contributed by atoms with Crippen LogP contribution in [0.1, 0.15) is 69.1 Å². The van der Waals surface area contributed by atoms with Crippen molar-refractivity contribution in [2.45, 2.75) is 72.6 Å². The van der Waals surface area contributed by atoms with Gasteiger partial charge in [0.25, 0.3) is 5.78 Å². The van der Waals surface area contributed by atoms with Crippen LogP contribution >= 0.6 is 0 Å². The number of hydrogen-bond donors (Lipinski definition) is 0. The highest BCUT2D eigenvalue weighted by molar-refractivity contribution is 6.37. The summed E-state index contributed by atoms with van der Waals surface area (Å²) in [6.07, 6.45) is 6.27. The van der Waals surface area contributed by atoms with Crippen LogP contribution in [0, 0.1) is 19.8 Å². The second-order valence-corrected chi connectivity index (χ2v) is 7.13. The van der Waals surface area contributed by atoms with Gasteiger partial charge in [-0.2, -0.15) is 0 Å². The van der Waals surface area contributed by atoms with E-state index >= 15 is 0 Å². The molecule has 0 bridgehead atoms. The first-order chi connectivity index (χ1) is 13.4. The molecule has 0 heterocycles. The fourth-order valence-corrected chi connectivity index (χ4v) is 3.26. The molecule has 0 amide bonds. The fourth-order valence-electron chi connectivity index (χ4n) is 3.26. The first kappa shape index (κ1) is 23.9. The summed E-state index contributed by atoms with van der Waals surface area (Å²) in [5.74, 6) is -3.42. The quantitative estimate of drug-likeness (QED) is 0.215. The number of Topliss-reactive ketones (excluding diaryl/α,β-unsaturated/α-hetero) is 1. The highest BCUT2D eigenvalue weighted by atomic mass is 16.5. The zero-order chi connectivity index (χ0) is 20.9. The number of esters is 2. The van der Waals surface area contributed by atoms with Gasteiger partial charge in [0.05, 0.1) is 13.2 Å². The molecule has 5 heteroatoms. The fraction of sp³-hybridized carbons (Fsp3) is 0.609. The van der Waals surface area contributed by atoms with Crippen molar-refractivity contribution in [3.63, 3.8) is 0 Å². The average Bonchev–Trinajstić information content (AvgIpc) is 2.65. The lowest BCUT2D eigenvalue weighted by molar-refractivity contribution is -0.162. The van der Waals surface area contributed by atoms with Crippen molar-refractivity contribution >= 4 is 17.7 Å². The minimum atomic E-state index is -1.05. The zero-order valence-corrected chi connectivity index (χ0v) is 17.7. The van der Waals surface area contributed by atoms with Crippen molar-refractivity contribution in [2.24, 2.45) is 5.92 Å². The van der Waals surface area contributed by atoms with Crippen LogP contribution in [0.3, 0.4) is 0 Å². The van der Waals surface area contributed by atoms with Crippen LogP contribution in [0.5, 0.6) is 0 Å². The van der Waals surface area contributed by atoms with Gasteiger partial charge in [-0.25, -0.2) is 4.79 Å². The van der Waals surface area contributed by atoms with Gasteiger partial charge < -0.3 is 9.47 Å². The molecule has 0 aromatic heterocycles. The van der Waals surface area contributed by atoms with Gasteiger partial charge in [-0.3, -0.25) is 9.59 Å². The maximum absolute atomic E-state index is 12.2. The van der Waals surface area contributed by atoms with E-state index in [9.17, 15) is 14.4 Å². The van der Waals surface area contributed by atoms with Crippen LogP contribution < -0.4 is 0 Å². The number of benzene rings is 1. The molecule has 0 fully saturated rings. The normalized spacial score (nSPS) is 11.7. The number of rotatable bonds is 13. The van der Waals surface area contributed by atoms with E-state index in [0.29, 0.717) is 12.8 Å². The van der Waals surface area contributed by atoms with E-state index < -0.39 is 23.6 Å².